The standard InChI is InChI=1S/C25H38ClN3O5/c1-15(2)33-21-12-9-17(14-19(21)26)22(30)29-20(23(31)27-6)13-16-7-10-18(11-8-16)28-24(32)34-25(3,4)5/h9,12,14-16,18,20H,7-8,10-11,13H2,1-6H3,(H,27,31)(H,28,32)(H,29,30). The van der Waals surface area contributed by atoms with Gasteiger partial charge in [0.05, 0.1) is 11.1 Å². The highest BCUT2D eigenvalue weighted by atomic mass is 35.5. The molecule has 8 nitrogen and oxygen atoms in total. The third kappa shape index (κ3) is 9.05. The van der Waals surface area contributed by atoms with Crippen LogP contribution in [0.1, 0.15) is 77.1 Å². The molecule has 3 N–H and O–H groups in total. The van der Waals surface area contributed by atoms with Gasteiger partial charge in [0.2, 0.25) is 5.91 Å². The Morgan fingerprint density at radius 1 is 1.12 bits per heavy atom. The van der Waals surface area contributed by atoms with Gasteiger partial charge in [0, 0.05) is 18.7 Å². The van der Waals surface area contributed by atoms with Crippen molar-refractivity contribution in [2.75, 3.05) is 7.05 Å². The lowest BCUT2D eigenvalue weighted by atomic mass is 9.82. The Bertz CT molecular complexity index is 861. The van der Waals surface area contributed by atoms with Gasteiger partial charge in [0.15, 0.2) is 0 Å². The monoisotopic (exact) mass is 495 g/mol. The molecule has 1 unspecified atom stereocenters. The predicted molar refractivity (Wildman–Crippen MR) is 132 cm³/mol. The van der Waals surface area contributed by atoms with E-state index in [4.69, 9.17) is 21.1 Å². The van der Waals surface area contributed by atoms with Crippen LogP contribution < -0.4 is 20.7 Å². The second-order valence-corrected chi connectivity index (χ2v) is 10.5. The van der Waals surface area contributed by atoms with Crippen LogP contribution in [0.15, 0.2) is 18.2 Å². The van der Waals surface area contributed by atoms with Gasteiger partial charge in [0.1, 0.15) is 17.4 Å². The average Bonchev–Trinajstić information content (AvgIpc) is 2.73. The van der Waals surface area contributed by atoms with Crippen molar-refractivity contribution in [3.63, 3.8) is 0 Å². The lowest BCUT2D eigenvalue weighted by Gasteiger charge is -2.31. The Kier molecular flexibility index (Phi) is 10.0. The summed E-state index contributed by atoms with van der Waals surface area (Å²) in [5.41, 5.74) is -0.174. The molecule has 190 valence electrons. The van der Waals surface area contributed by atoms with Crippen LogP contribution in [0.4, 0.5) is 4.79 Å². The molecule has 0 aliphatic heterocycles. The fraction of sp³-hybridized carbons (Fsp3) is 0.640. The first-order chi connectivity index (χ1) is 15.9. The third-order valence-electron chi connectivity index (χ3n) is 5.56. The quantitative estimate of drug-likeness (QED) is 0.494. The van der Waals surface area contributed by atoms with Crippen molar-refractivity contribution in [1.82, 2.24) is 16.0 Å². The van der Waals surface area contributed by atoms with E-state index in [1.807, 2.05) is 34.6 Å². The van der Waals surface area contributed by atoms with Crippen LogP contribution in [0.25, 0.3) is 0 Å². The Hall–Kier alpha value is -2.48. The summed E-state index contributed by atoms with van der Waals surface area (Å²) in [5.74, 6) is 0.151. The molecule has 0 heterocycles. The number of hydrogen-bond acceptors (Lipinski definition) is 5. The fourth-order valence-corrected chi connectivity index (χ4v) is 4.21. The topological polar surface area (TPSA) is 106 Å². The summed E-state index contributed by atoms with van der Waals surface area (Å²) in [7, 11) is 1.55. The fourth-order valence-electron chi connectivity index (χ4n) is 3.99. The van der Waals surface area contributed by atoms with Crippen molar-refractivity contribution in [2.45, 2.75) is 90.5 Å². The number of carbonyl (C=O) groups excluding carboxylic acids is 3. The second-order valence-electron chi connectivity index (χ2n) is 10.1. The van der Waals surface area contributed by atoms with E-state index in [1.165, 1.54) is 0 Å². The summed E-state index contributed by atoms with van der Waals surface area (Å²) in [6.45, 7) is 9.29. The normalized spacial score (nSPS) is 19.2. The molecule has 9 heteroatoms. The lowest BCUT2D eigenvalue weighted by Crippen LogP contribution is -2.47. The van der Waals surface area contributed by atoms with E-state index in [0.717, 1.165) is 25.7 Å². The Labute approximate surface area is 207 Å². The molecule has 0 spiro atoms. The van der Waals surface area contributed by atoms with Gasteiger partial charge in [0.25, 0.3) is 5.91 Å². The molecule has 1 aromatic carbocycles. The molecule has 0 radical (unpaired) electrons. The Morgan fingerprint density at radius 3 is 2.29 bits per heavy atom. The van der Waals surface area contributed by atoms with Crippen molar-refractivity contribution in [3.8, 4) is 5.75 Å². The summed E-state index contributed by atoms with van der Waals surface area (Å²) < 4.78 is 10.9. The molecule has 1 fully saturated rings. The average molecular weight is 496 g/mol. The highest BCUT2D eigenvalue weighted by molar-refractivity contribution is 6.32. The van der Waals surface area contributed by atoms with Crippen molar-refractivity contribution < 1.29 is 23.9 Å². The van der Waals surface area contributed by atoms with E-state index in [9.17, 15) is 14.4 Å². The maximum atomic E-state index is 12.8. The molecule has 1 aliphatic carbocycles. The molecule has 3 amide bonds. The molecule has 1 aliphatic rings. The number of halogens is 1. The van der Waals surface area contributed by atoms with Crippen LogP contribution in [-0.4, -0.2) is 48.7 Å². The van der Waals surface area contributed by atoms with Crippen molar-refractivity contribution >= 4 is 29.5 Å². The molecule has 0 saturated heterocycles. The second kappa shape index (κ2) is 12.3. The van der Waals surface area contributed by atoms with E-state index < -0.39 is 17.7 Å². The summed E-state index contributed by atoms with van der Waals surface area (Å²) >= 11 is 6.26. The maximum absolute atomic E-state index is 12.8. The zero-order chi connectivity index (χ0) is 25.5. The summed E-state index contributed by atoms with van der Waals surface area (Å²) in [5, 5.41) is 8.75. The van der Waals surface area contributed by atoms with Crippen molar-refractivity contribution in [3.05, 3.63) is 28.8 Å². The molecule has 1 saturated carbocycles. The molecule has 1 aromatic rings. The van der Waals surface area contributed by atoms with Gasteiger partial charge in [-0.25, -0.2) is 4.79 Å². The van der Waals surface area contributed by atoms with Gasteiger partial charge in [-0.1, -0.05) is 11.6 Å². The molecule has 34 heavy (non-hydrogen) atoms. The highest BCUT2D eigenvalue weighted by Gasteiger charge is 2.29. The Balaban J connectivity index is 1.93. The molecule has 0 bridgehead atoms. The number of nitrogens with one attached hydrogen (secondary N) is 3. The zero-order valence-corrected chi connectivity index (χ0v) is 21.8. The largest absolute Gasteiger partial charge is 0.489 e. The SMILES string of the molecule is CNC(=O)C(CC1CCC(NC(=O)OC(C)(C)C)CC1)NC(=O)c1ccc(OC(C)C)c(Cl)c1. The minimum absolute atomic E-state index is 0.0377. The van der Waals surface area contributed by atoms with Crippen molar-refractivity contribution in [1.29, 1.82) is 0 Å². The van der Waals surface area contributed by atoms with Crippen LogP contribution in [0.3, 0.4) is 0 Å². The van der Waals surface area contributed by atoms with Crippen LogP contribution >= 0.6 is 11.6 Å². The number of rotatable bonds is 8. The molecule has 0 aromatic heterocycles. The predicted octanol–water partition coefficient (Wildman–Crippen LogP) is 4.45. The number of benzene rings is 1. The highest BCUT2D eigenvalue weighted by Crippen LogP contribution is 2.29. The number of alkyl carbamates (subject to hydrolysis) is 1. The summed E-state index contributed by atoms with van der Waals surface area (Å²) in [6, 6.07) is 4.22. The van der Waals surface area contributed by atoms with Crippen LogP contribution in [0.2, 0.25) is 5.02 Å². The lowest BCUT2D eigenvalue weighted by molar-refractivity contribution is -0.123. The Morgan fingerprint density at radius 2 is 1.76 bits per heavy atom. The smallest absolute Gasteiger partial charge is 0.407 e. The summed E-state index contributed by atoms with van der Waals surface area (Å²) in [6.07, 6.45) is 3.36. The number of carbonyl (C=O) groups is 3. The van der Waals surface area contributed by atoms with Gasteiger partial charge in [-0.2, -0.15) is 0 Å². The van der Waals surface area contributed by atoms with Gasteiger partial charge in [-0.05, 0) is 90.8 Å². The van der Waals surface area contributed by atoms with Gasteiger partial charge in [-0.3, -0.25) is 9.59 Å². The van der Waals surface area contributed by atoms with E-state index in [2.05, 4.69) is 16.0 Å². The molecular weight excluding hydrogens is 458 g/mol. The maximum Gasteiger partial charge on any atom is 0.407 e. The number of likely N-dealkylation sites (N-methyl/N-ethyl adjacent to an activating group) is 1. The molecule has 2 rings (SSSR count). The minimum Gasteiger partial charge on any atom is -0.489 e. The first-order valence-electron chi connectivity index (χ1n) is 11.9. The number of amides is 3. The van der Waals surface area contributed by atoms with Crippen LogP contribution in [0, 0.1) is 5.92 Å². The van der Waals surface area contributed by atoms with Gasteiger partial charge >= 0.3 is 6.09 Å². The zero-order valence-electron chi connectivity index (χ0n) is 21.0. The van der Waals surface area contributed by atoms with E-state index >= 15 is 0 Å². The van der Waals surface area contributed by atoms with Crippen molar-refractivity contribution in [2.24, 2.45) is 5.92 Å². The number of ether oxygens (including phenoxy) is 2. The van der Waals surface area contributed by atoms with E-state index in [0.29, 0.717) is 22.8 Å². The van der Waals surface area contributed by atoms with Crippen LogP contribution in [0.5, 0.6) is 5.75 Å². The minimum atomic E-state index is -0.664. The molecular formula is C25H38ClN3O5. The van der Waals surface area contributed by atoms with Gasteiger partial charge < -0.3 is 25.4 Å². The number of hydrogen-bond donors (Lipinski definition) is 3. The molecule has 1 atom stereocenters. The van der Waals surface area contributed by atoms with E-state index in [1.54, 1.807) is 25.2 Å². The van der Waals surface area contributed by atoms with Gasteiger partial charge in [-0.15, -0.1) is 0 Å². The first kappa shape index (κ1) is 27.8. The summed E-state index contributed by atoms with van der Waals surface area (Å²) in [4.78, 5) is 37.3. The first-order valence-corrected chi connectivity index (χ1v) is 12.2. The van der Waals surface area contributed by atoms with Crippen LogP contribution in [-0.2, 0) is 9.53 Å². The van der Waals surface area contributed by atoms with E-state index in [-0.39, 0.29) is 29.9 Å². The third-order valence-corrected chi connectivity index (χ3v) is 5.86.